The first-order valence-electron chi connectivity index (χ1n) is 17.9. The summed E-state index contributed by atoms with van der Waals surface area (Å²) < 4.78 is 15.3. The molecule has 8 rings (SSSR count). The molecule has 272 valence electrons. The van der Waals surface area contributed by atoms with E-state index in [4.69, 9.17) is 9.83 Å². The van der Waals surface area contributed by atoms with Gasteiger partial charge in [0.05, 0.1) is 27.9 Å². The summed E-state index contributed by atoms with van der Waals surface area (Å²) in [6.45, 7) is 1.62. The first-order valence-corrected chi connectivity index (χ1v) is 17.9. The first-order chi connectivity index (χ1) is 26.4. The second-order valence-electron chi connectivity index (χ2n) is 13.3. The Hall–Kier alpha value is -6.63. The minimum Gasteiger partial charge on any atom is -0.494 e. The Balaban J connectivity index is 0.816. The number of hydrogen-bond acceptors (Lipinski definition) is 8. The van der Waals surface area contributed by atoms with E-state index in [1.54, 1.807) is 34.1 Å². The zero-order valence-corrected chi connectivity index (χ0v) is 29.2. The molecule has 2 aromatic heterocycles. The van der Waals surface area contributed by atoms with Gasteiger partial charge in [0.2, 0.25) is 5.91 Å². The van der Waals surface area contributed by atoms with Crippen molar-refractivity contribution in [3.8, 4) is 5.88 Å². The number of aromatic amines is 2. The van der Waals surface area contributed by atoms with Gasteiger partial charge in [-0.15, -0.1) is 0 Å². The molecule has 4 heterocycles. The number of halogens is 1. The number of carbonyl (C=O) groups is 2. The van der Waals surface area contributed by atoms with Crippen LogP contribution in [-0.4, -0.2) is 86.1 Å². The molecule has 0 spiro atoms. The van der Waals surface area contributed by atoms with E-state index < -0.39 is 11.7 Å². The van der Waals surface area contributed by atoms with Gasteiger partial charge in [0, 0.05) is 60.9 Å². The van der Waals surface area contributed by atoms with Crippen molar-refractivity contribution in [2.75, 3.05) is 32.8 Å². The molecule has 0 unspecified atom stereocenters. The van der Waals surface area contributed by atoms with Crippen LogP contribution in [-0.2, 0) is 16.1 Å². The van der Waals surface area contributed by atoms with Crippen LogP contribution in [0, 0.1) is 5.82 Å². The number of hydrogen-bond donors (Lipinski definition) is 3. The Labute approximate surface area is 308 Å². The van der Waals surface area contributed by atoms with Crippen LogP contribution in [0.15, 0.2) is 106 Å². The fraction of sp³-hybridized carbons (Fsp3) is 0.220. The van der Waals surface area contributed by atoms with Crippen LogP contribution < -0.4 is 5.56 Å². The zero-order chi connectivity index (χ0) is 37.2. The molecule has 2 amide bonds. The minimum atomic E-state index is -0.631. The maximum absolute atomic E-state index is 15.3. The van der Waals surface area contributed by atoms with E-state index in [0.717, 1.165) is 22.2 Å². The number of unbranched alkanes of at least 4 members (excludes halogenated alkanes) is 1. The van der Waals surface area contributed by atoms with Crippen molar-refractivity contribution in [1.29, 1.82) is 0 Å². The SMILES string of the molecule is O=C(CCCCO/N=C1/C(c2c(O)[nH]c3ccccc23)=Nc2ccccc21)N1CCN(C(=O)c2ccc(Cc3n[nH]c(=O)c4ccccc34)cc2F)CC1. The summed E-state index contributed by atoms with van der Waals surface area (Å²) in [4.78, 5) is 55.2. The number of para-hydroxylation sites is 2. The molecule has 4 aromatic carbocycles. The molecule has 0 bridgehead atoms. The van der Waals surface area contributed by atoms with E-state index in [9.17, 15) is 19.5 Å². The number of oxime groups is 1. The van der Waals surface area contributed by atoms with Gasteiger partial charge in [0.1, 0.15) is 23.8 Å². The van der Waals surface area contributed by atoms with E-state index in [1.165, 1.54) is 12.1 Å². The monoisotopic (exact) mass is 725 g/mol. The predicted molar refractivity (Wildman–Crippen MR) is 203 cm³/mol. The highest BCUT2D eigenvalue weighted by Gasteiger charge is 2.30. The lowest BCUT2D eigenvalue weighted by Crippen LogP contribution is -2.50. The molecule has 1 fully saturated rings. The van der Waals surface area contributed by atoms with Crippen LogP contribution in [0.1, 0.15) is 52.0 Å². The first kappa shape index (κ1) is 34.5. The van der Waals surface area contributed by atoms with Gasteiger partial charge in [-0.05, 0) is 48.7 Å². The number of fused-ring (bicyclic) bond motifs is 3. The number of carbonyl (C=O) groups excluding carboxylic acids is 2. The van der Waals surface area contributed by atoms with Gasteiger partial charge in [-0.3, -0.25) is 14.4 Å². The quantitative estimate of drug-likeness (QED) is 0.119. The third-order valence-corrected chi connectivity index (χ3v) is 9.90. The number of piperazine rings is 1. The maximum atomic E-state index is 15.3. The van der Waals surface area contributed by atoms with E-state index in [-0.39, 0.29) is 35.9 Å². The number of benzene rings is 4. The van der Waals surface area contributed by atoms with Crippen molar-refractivity contribution in [2.45, 2.75) is 25.7 Å². The summed E-state index contributed by atoms with van der Waals surface area (Å²) in [5.41, 5.74) is 4.85. The molecule has 3 N–H and O–H groups in total. The Kier molecular flexibility index (Phi) is 9.43. The Morgan fingerprint density at radius 3 is 2.41 bits per heavy atom. The lowest BCUT2D eigenvalue weighted by Gasteiger charge is -2.35. The Bertz CT molecular complexity index is 2530. The second-order valence-corrected chi connectivity index (χ2v) is 13.3. The van der Waals surface area contributed by atoms with Crippen LogP contribution in [0.2, 0.25) is 0 Å². The molecular weight excluding hydrogens is 689 g/mol. The molecule has 2 aliphatic heterocycles. The number of nitrogens with zero attached hydrogens (tertiary/aromatic N) is 5. The Morgan fingerprint density at radius 1 is 0.870 bits per heavy atom. The fourth-order valence-corrected chi connectivity index (χ4v) is 7.09. The molecular formula is C41H36FN7O5. The number of aromatic hydroxyl groups is 1. The number of aromatic nitrogens is 3. The van der Waals surface area contributed by atoms with Crippen molar-refractivity contribution in [1.82, 2.24) is 25.0 Å². The van der Waals surface area contributed by atoms with Crippen molar-refractivity contribution in [3.05, 3.63) is 135 Å². The van der Waals surface area contributed by atoms with Gasteiger partial charge in [-0.25, -0.2) is 14.5 Å². The average molecular weight is 726 g/mol. The highest BCUT2D eigenvalue weighted by Crippen LogP contribution is 2.35. The van der Waals surface area contributed by atoms with Crippen LogP contribution >= 0.6 is 0 Å². The molecule has 0 aliphatic carbocycles. The molecule has 6 aromatic rings. The minimum absolute atomic E-state index is 0.00703. The average Bonchev–Trinajstić information content (AvgIpc) is 3.73. The molecule has 0 saturated carbocycles. The molecule has 0 atom stereocenters. The standard InChI is InChI=1S/C41H36FN7O5/c42-31-23-25(24-34-26-9-1-2-10-27(26)39(51)46-45-34)16-17-28(31)41(53)49-20-18-48(19-21-49)35(50)15-7-8-22-54-47-37-30-12-4-6-14-33(30)43-38(37)36-29-11-3-5-13-32(29)44-40(36)52/h1-6,9-14,16-17,23,44,52H,7-8,15,18-22,24H2,(H,46,51)/b47-37+. The van der Waals surface area contributed by atoms with Crippen molar-refractivity contribution >= 4 is 50.6 Å². The highest BCUT2D eigenvalue weighted by molar-refractivity contribution is 6.58. The van der Waals surface area contributed by atoms with E-state index in [0.29, 0.717) is 84.5 Å². The molecule has 12 nitrogen and oxygen atoms in total. The topological polar surface area (TPSA) is 156 Å². The van der Waals surface area contributed by atoms with Gasteiger partial charge in [-0.2, -0.15) is 5.10 Å². The van der Waals surface area contributed by atoms with Gasteiger partial charge in [0.15, 0.2) is 5.88 Å². The number of nitrogens with one attached hydrogen (secondary N) is 2. The summed E-state index contributed by atoms with van der Waals surface area (Å²) >= 11 is 0. The second kappa shape index (κ2) is 14.8. The number of H-pyrrole nitrogens is 2. The lowest BCUT2D eigenvalue weighted by atomic mass is 10.0. The van der Waals surface area contributed by atoms with Gasteiger partial charge in [-0.1, -0.05) is 65.8 Å². The van der Waals surface area contributed by atoms with Crippen LogP contribution in [0.4, 0.5) is 10.1 Å². The van der Waals surface area contributed by atoms with Gasteiger partial charge in [0.25, 0.3) is 11.5 Å². The van der Waals surface area contributed by atoms with Crippen molar-refractivity contribution < 1.29 is 23.9 Å². The largest absolute Gasteiger partial charge is 0.494 e. The third kappa shape index (κ3) is 6.71. The van der Waals surface area contributed by atoms with E-state index in [1.807, 2.05) is 54.6 Å². The smallest absolute Gasteiger partial charge is 0.272 e. The molecule has 54 heavy (non-hydrogen) atoms. The van der Waals surface area contributed by atoms with E-state index in [2.05, 4.69) is 20.3 Å². The summed E-state index contributed by atoms with van der Waals surface area (Å²) in [7, 11) is 0. The molecule has 1 saturated heterocycles. The van der Waals surface area contributed by atoms with Gasteiger partial charge < -0.3 is 24.7 Å². The van der Waals surface area contributed by atoms with Crippen molar-refractivity contribution in [3.63, 3.8) is 0 Å². The van der Waals surface area contributed by atoms with Crippen LogP contribution in [0.5, 0.6) is 5.88 Å². The predicted octanol–water partition coefficient (Wildman–Crippen LogP) is 5.85. The summed E-state index contributed by atoms with van der Waals surface area (Å²) in [5, 5.41) is 23.9. The van der Waals surface area contributed by atoms with Crippen molar-refractivity contribution in [2.24, 2.45) is 10.1 Å². The zero-order valence-electron chi connectivity index (χ0n) is 29.2. The lowest BCUT2D eigenvalue weighted by molar-refractivity contribution is -0.132. The van der Waals surface area contributed by atoms with Crippen LogP contribution in [0.25, 0.3) is 21.7 Å². The number of rotatable bonds is 10. The van der Waals surface area contributed by atoms with Crippen LogP contribution in [0.3, 0.4) is 0 Å². The summed E-state index contributed by atoms with van der Waals surface area (Å²) in [5.74, 6) is -1.06. The fourth-order valence-electron chi connectivity index (χ4n) is 7.09. The normalized spacial score (nSPS) is 14.8. The molecule has 13 heteroatoms. The number of amides is 2. The molecule has 0 radical (unpaired) electrons. The number of aliphatic imine (C=N–C) groups is 1. The maximum Gasteiger partial charge on any atom is 0.272 e. The van der Waals surface area contributed by atoms with Gasteiger partial charge >= 0.3 is 0 Å². The summed E-state index contributed by atoms with van der Waals surface area (Å²) in [6, 6.07) is 26.8. The molecule has 2 aliphatic rings. The summed E-state index contributed by atoms with van der Waals surface area (Å²) in [6.07, 6.45) is 1.79. The van der Waals surface area contributed by atoms with E-state index >= 15 is 4.39 Å². The Morgan fingerprint density at radius 2 is 1.59 bits per heavy atom. The highest BCUT2D eigenvalue weighted by atomic mass is 19.1. The third-order valence-electron chi connectivity index (χ3n) is 9.90.